The van der Waals surface area contributed by atoms with Gasteiger partial charge in [0.25, 0.3) is 0 Å². The lowest BCUT2D eigenvalue weighted by Gasteiger charge is -2.15. The fraction of sp³-hybridized carbons (Fsp3) is 0.120. The monoisotopic (exact) mass is 732 g/mol. The third kappa shape index (κ3) is 6.00. The lowest BCUT2D eigenvalue weighted by Crippen LogP contribution is -2.20. The minimum Gasteiger partial charge on any atom is -0.508 e. The minimum absolute atomic E-state index is 0.202. The predicted molar refractivity (Wildman–Crippen MR) is 226 cm³/mol. The molecule has 6 nitrogen and oxygen atoms in total. The Balaban J connectivity index is 1.47. The molecule has 8 bridgehead atoms. The second-order valence-electron chi connectivity index (χ2n) is 15.3. The van der Waals surface area contributed by atoms with E-state index in [9.17, 15) is 10.2 Å². The van der Waals surface area contributed by atoms with Crippen LogP contribution >= 0.6 is 0 Å². The smallest absolute Gasteiger partial charge is 0.116 e. The van der Waals surface area contributed by atoms with Crippen molar-refractivity contribution in [3.8, 4) is 11.5 Å². The van der Waals surface area contributed by atoms with Gasteiger partial charge in [0.05, 0.1) is 0 Å². The molecule has 56 heavy (non-hydrogen) atoms. The molecule has 0 spiro atoms. The van der Waals surface area contributed by atoms with Gasteiger partial charge in [0.1, 0.15) is 11.5 Å². The second kappa shape index (κ2) is 13.4. The van der Waals surface area contributed by atoms with Crippen molar-refractivity contribution in [2.24, 2.45) is 0 Å². The molecular formula is C50H44N4O2. The van der Waals surface area contributed by atoms with Gasteiger partial charge in [-0.1, -0.05) is 59.7 Å². The van der Waals surface area contributed by atoms with Crippen molar-refractivity contribution in [2.45, 2.75) is 41.5 Å². The SMILES string of the molecule is Cc1cc(C)c(C2=c3ccc([nH]3)=C(c3cccc(O)c3)c3ccc([nH]3)C(c3c(C)cc(C)cc3C)=c3ccc([nH]3)=C(c3cccc(O)c3)c3ccc2[nH]3)c(C)c1. The number of rotatable bonds is 4. The van der Waals surface area contributed by atoms with E-state index in [0.717, 1.165) is 88.7 Å². The van der Waals surface area contributed by atoms with Crippen LogP contribution in [0.15, 0.2) is 121 Å². The number of aromatic amines is 4. The molecule has 0 radical (unpaired) electrons. The zero-order valence-electron chi connectivity index (χ0n) is 32.4. The second-order valence-corrected chi connectivity index (χ2v) is 15.3. The van der Waals surface area contributed by atoms with Crippen LogP contribution in [0.25, 0.3) is 22.3 Å². The van der Waals surface area contributed by atoms with Crippen molar-refractivity contribution >= 4 is 22.3 Å². The highest BCUT2D eigenvalue weighted by molar-refractivity contribution is 5.87. The van der Waals surface area contributed by atoms with E-state index in [0.29, 0.717) is 0 Å². The summed E-state index contributed by atoms with van der Waals surface area (Å²) in [7, 11) is 0. The first-order chi connectivity index (χ1) is 27.0. The minimum atomic E-state index is 0.202. The number of fused-ring (bicyclic) bond motifs is 8. The fourth-order valence-corrected chi connectivity index (χ4v) is 8.96. The number of benzene rings is 4. The van der Waals surface area contributed by atoms with E-state index in [1.54, 1.807) is 12.1 Å². The van der Waals surface area contributed by atoms with E-state index >= 15 is 0 Å². The van der Waals surface area contributed by atoms with Crippen LogP contribution < -0.4 is 21.4 Å². The summed E-state index contributed by atoms with van der Waals surface area (Å²) in [5.41, 5.74) is 19.0. The molecule has 1 aliphatic heterocycles. The van der Waals surface area contributed by atoms with Gasteiger partial charge in [0.15, 0.2) is 0 Å². The summed E-state index contributed by atoms with van der Waals surface area (Å²) in [6, 6.07) is 41.0. The van der Waals surface area contributed by atoms with Gasteiger partial charge < -0.3 is 30.1 Å². The zero-order valence-corrected chi connectivity index (χ0v) is 32.4. The van der Waals surface area contributed by atoms with Gasteiger partial charge in [-0.2, -0.15) is 0 Å². The number of nitrogens with one attached hydrogen (secondary N) is 4. The molecule has 276 valence electrons. The molecular weight excluding hydrogens is 689 g/mol. The summed E-state index contributed by atoms with van der Waals surface area (Å²) in [6.07, 6.45) is 0. The molecule has 1 aliphatic rings. The van der Waals surface area contributed by atoms with Crippen LogP contribution in [-0.2, 0) is 0 Å². The third-order valence-corrected chi connectivity index (χ3v) is 11.0. The van der Waals surface area contributed by atoms with Crippen LogP contribution in [0.1, 0.15) is 78.4 Å². The summed E-state index contributed by atoms with van der Waals surface area (Å²) < 4.78 is 0. The van der Waals surface area contributed by atoms with Crippen molar-refractivity contribution in [1.29, 1.82) is 0 Å². The predicted octanol–water partition coefficient (Wildman–Crippen LogP) is 7.56. The maximum absolute atomic E-state index is 10.7. The molecule has 0 fully saturated rings. The van der Waals surface area contributed by atoms with Gasteiger partial charge in [0, 0.05) is 66.5 Å². The van der Waals surface area contributed by atoms with Crippen LogP contribution in [0.2, 0.25) is 0 Å². The van der Waals surface area contributed by atoms with E-state index in [1.165, 1.54) is 33.4 Å². The number of H-pyrrole nitrogens is 4. The third-order valence-electron chi connectivity index (χ3n) is 11.0. The number of hydrogen-bond acceptors (Lipinski definition) is 2. The molecule has 6 heteroatoms. The Kier molecular flexibility index (Phi) is 8.35. The molecule has 4 aromatic carbocycles. The zero-order chi connectivity index (χ0) is 38.8. The van der Waals surface area contributed by atoms with Gasteiger partial charge in [-0.05, 0) is 159 Å². The maximum atomic E-state index is 10.7. The largest absolute Gasteiger partial charge is 0.508 e. The van der Waals surface area contributed by atoms with Crippen LogP contribution in [0.3, 0.4) is 0 Å². The molecule has 0 unspecified atom stereocenters. The Bertz CT molecular complexity index is 2870. The highest BCUT2D eigenvalue weighted by atomic mass is 16.3. The Labute approximate surface area is 325 Å². The van der Waals surface area contributed by atoms with E-state index < -0.39 is 0 Å². The highest BCUT2D eigenvalue weighted by Crippen LogP contribution is 2.33. The molecule has 9 rings (SSSR count). The molecule has 0 saturated heterocycles. The lowest BCUT2D eigenvalue weighted by atomic mass is 9.92. The molecule has 5 heterocycles. The maximum Gasteiger partial charge on any atom is 0.116 e. The van der Waals surface area contributed by atoms with Crippen LogP contribution in [0.5, 0.6) is 11.5 Å². The number of aryl methyl sites for hydroxylation is 6. The number of phenolic OH excluding ortho intramolecular Hbond substituents is 2. The van der Waals surface area contributed by atoms with Crippen molar-refractivity contribution < 1.29 is 10.2 Å². The Morgan fingerprint density at radius 1 is 0.339 bits per heavy atom. The first-order valence-corrected chi connectivity index (χ1v) is 19.0. The fourth-order valence-electron chi connectivity index (χ4n) is 8.96. The van der Waals surface area contributed by atoms with Crippen molar-refractivity contribution in [1.82, 2.24) is 19.9 Å². The molecule has 0 aliphatic carbocycles. The summed E-state index contributed by atoms with van der Waals surface area (Å²) in [5.74, 6) is 0.405. The van der Waals surface area contributed by atoms with Gasteiger partial charge in [-0.3, -0.25) is 0 Å². The van der Waals surface area contributed by atoms with Crippen LogP contribution in [0.4, 0.5) is 0 Å². The summed E-state index contributed by atoms with van der Waals surface area (Å²) in [6.45, 7) is 13.0. The van der Waals surface area contributed by atoms with E-state index in [1.807, 2.05) is 36.4 Å². The number of aromatic nitrogens is 4. The van der Waals surface area contributed by atoms with Crippen LogP contribution in [-0.4, -0.2) is 30.1 Å². The van der Waals surface area contributed by atoms with Gasteiger partial charge in [-0.25, -0.2) is 0 Å². The van der Waals surface area contributed by atoms with Crippen molar-refractivity contribution in [3.05, 3.63) is 221 Å². The quantitative estimate of drug-likeness (QED) is 0.113. The highest BCUT2D eigenvalue weighted by Gasteiger charge is 2.21. The Hall–Kier alpha value is -6.92. The average Bonchev–Trinajstić information content (AvgIpc) is 3.98. The molecule has 6 N–H and O–H groups in total. The molecule has 0 atom stereocenters. The van der Waals surface area contributed by atoms with Gasteiger partial charge in [0.2, 0.25) is 0 Å². The Morgan fingerprint density at radius 3 is 1.00 bits per heavy atom. The van der Waals surface area contributed by atoms with E-state index in [2.05, 4.69) is 134 Å². The van der Waals surface area contributed by atoms with Crippen molar-refractivity contribution in [3.63, 3.8) is 0 Å². The number of aromatic hydroxyl groups is 2. The summed E-state index contributed by atoms with van der Waals surface area (Å²) in [4.78, 5) is 15.4. The van der Waals surface area contributed by atoms with E-state index in [4.69, 9.17) is 0 Å². The summed E-state index contributed by atoms with van der Waals surface area (Å²) >= 11 is 0. The topological polar surface area (TPSA) is 104 Å². The first kappa shape index (κ1) is 34.8. The van der Waals surface area contributed by atoms with Gasteiger partial charge >= 0.3 is 0 Å². The summed E-state index contributed by atoms with van der Waals surface area (Å²) in [5, 5.41) is 25.2. The molecule has 0 saturated carbocycles. The van der Waals surface area contributed by atoms with Crippen molar-refractivity contribution in [2.75, 3.05) is 0 Å². The normalized spacial score (nSPS) is 12.8. The van der Waals surface area contributed by atoms with Crippen LogP contribution in [0, 0.1) is 41.5 Å². The van der Waals surface area contributed by atoms with E-state index in [-0.39, 0.29) is 11.5 Å². The molecule has 8 aromatic rings. The molecule has 4 aromatic heterocycles. The number of phenols is 2. The standard InChI is InChI=1S/C50H44N4O2/c1-27-21-29(3)45(30(4)22-27)49-41-17-13-37(51-41)47(33-9-7-11-35(55)25-33)39-15-19-43(53-39)50(46-31(5)23-28(2)24-32(46)6)44-20-16-40(54-44)48(38-14-18-42(49)52-38)34-10-8-12-36(56)26-34/h7-26,51-56H,1-6H3. The molecule has 0 amide bonds. The average molecular weight is 733 g/mol. The Morgan fingerprint density at radius 2 is 0.661 bits per heavy atom. The first-order valence-electron chi connectivity index (χ1n) is 19.0. The number of hydrogen-bond donors (Lipinski definition) is 6. The lowest BCUT2D eigenvalue weighted by molar-refractivity contribution is 0.474. The van der Waals surface area contributed by atoms with Gasteiger partial charge in [-0.15, -0.1) is 0 Å².